The van der Waals surface area contributed by atoms with Gasteiger partial charge in [0.2, 0.25) is 5.91 Å². The highest BCUT2D eigenvalue weighted by Gasteiger charge is 2.45. The third-order valence-corrected chi connectivity index (χ3v) is 2.49. The second-order valence-electron chi connectivity index (χ2n) is 3.96. The van der Waals surface area contributed by atoms with E-state index in [4.69, 9.17) is 15.6 Å². The van der Waals surface area contributed by atoms with Gasteiger partial charge in [-0.15, -0.1) is 0 Å². The second kappa shape index (κ2) is 5.27. The van der Waals surface area contributed by atoms with Gasteiger partial charge in [0.05, 0.1) is 0 Å². The maximum absolute atomic E-state index is 11.5. The van der Waals surface area contributed by atoms with E-state index < -0.39 is 17.7 Å². The normalized spacial score (nSPS) is 18.9. The summed E-state index contributed by atoms with van der Waals surface area (Å²) in [5.74, 6) is -1.29. The molecule has 1 aliphatic carbocycles. The smallest absolute Gasteiger partial charge is 0.320 e. The Labute approximate surface area is 94.1 Å². The summed E-state index contributed by atoms with van der Waals surface area (Å²) in [4.78, 5) is 21.9. The van der Waals surface area contributed by atoms with E-state index in [1.54, 1.807) is 0 Å². The monoisotopic (exact) mass is 230 g/mol. The number of carboxylic acid groups (broad SMARTS) is 1. The van der Waals surface area contributed by atoms with Gasteiger partial charge in [-0.05, 0) is 26.2 Å². The summed E-state index contributed by atoms with van der Waals surface area (Å²) in [5, 5.41) is 11.3. The maximum Gasteiger partial charge on any atom is 0.320 e. The molecule has 1 aliphatic rings. The average Bonchev–Trinajstić information content (AvgIpc) is 2.94. The summed E-state index contributed by atoms with van der Waals surface area (Å²) >= 11 is 0. The minimum absolute atomic E-state index is 0.113. The lowest BCUT2D eigenvalue weighted by Crippen LogP contribution is -2.40. The van der Waals surface area contributed by atoms with E-state index in [1.165, 1.54) is 0 Å². The topological polar surface area (TPSA) is 102 Å². The molecule has 0 saturated heterocycles. The summed E-state index contributed by atoms with van der Waals surface area (Å²) in [6.45, 7) is 2.42. The summed E-state index contributed by atoms with van der Waals surface area (Å²) in [5.41, 5.74) is 4.81. The average molecular weight is 230 g/mol. The third kappa shape index (κ3) is 3.79. The van der Waals surface area contributed by atoms with Crippen LogP contribution in [0.3, 0.4) is 0 Å². The number of rotatable bonds is 7. The molecule has 0 aromatic heterocycles. The number of hydrogen-bond donors (Lipinski definition) is 3. The van der Waals surface area contributed by atoms with Crippen molar-refractivity contribution < 1.29 is 19.4 Å². The number of aliphatic carboxylic acids is 1. The summed E-state index contributed by atoms with van der Waals surface area (Å²) < 4.78 is 5.39. The molecule has 0 radical (unpaired) electrons. The van der Waals surface area contributed by atoms with E-state index in [1.807, 2.05) is 6.92 Å². The van der Waals surface area contributed by atoms with Crippen LogP contribution < -0.4 is 11.1 Å². The van der Waals surface area contributed by atoms with Crippen LogP contribution in [0.4, 0.5) is 0 Å². The van der Waals surface area contributed by atoms with E-state index in [-0.39, 0.29) is 18.7 Å². The van der Waals surface area contributed by atoms with Crippen LogP contribution in [0.15, 0.2) is 0 Å². The highest BCUT2D eigenvalue weighted by Crippen LogP contribution is 2.36. The summed E-state index contributed by atoms with van der Waals surface area (Å²) in [7, 11) is 0. The van der Waals surface area contributed by atoms with Gasteiger partial charge in [0.25, 0.3) is 0 Å². The van der Waals surface area contributed by atoms with Gasteiger partial charge < -0.3 is 20.9 Å². The minimum atomic E-state index is -1.08. The van der Waals surface area contributed by atoms with Crippen LogP contribution in [0, 0.1) is 0 Å². The fourth-order valence-corrected chi connectivity index (χ4v) is 1.42. The first-order valence-corrected chi connectivity index (χ1v) is 5.42. The molecule has 1 atom stereocenters. The number of nitrogens with one attached hydrogen (secondary N) is 1. The molecule has 0 heterocycles. The fraction of sp³-hybridized carbons (Fsp3) is 0.800. The highest BCUT2D eigenvalue weighted by atomic mass is 16.5. The number of hydrogen-bond acceptors (Lipinski definition) is 4. The molecule has 6 nitrogen and oxygen atoms in total. The van der Waals surface area contributed by atoms with Gasteiger partial charge in [0.1, 0.15) is 11.8 Å². The van der Waals surface area contributed by atoms with Crippen LogP contribution >= 0.6 is 0 Å². The number of carbonyl (C=O) groups excluding carboxylic acids is 1. The van der Waals surface area contributed by atoms with Crippen molar-refractivity contribution in [1.82, 2.24) is 5.32 Å². The fourth-order valence-electron chi connectivity index (χ4n) is 1.42. The molecular formula is C10H18N2O4. The molecule has 16 heavy (non-hydrogen) atoms. The molecule has 0 aromatic rings. The Morgan fingerprint density at radius 1 is 1.56 bits per heavy atom. The van der Waals surface area contributed by atoms with Gasteiger partial charge in [-0.2, -0.15) is 0 Å². The molecule has 0 bridgehead atoms. The lowest BCUT2D eigenvalue weighted by atomic mass is 10.1. The van der Waals surface area contributed by atoms with Crippen molar-refractivity contribution in [2.75, 3.05) is 6.61 Å². The molecule has 6 heteroatoms. The number of nitrogens with two attached hydrogens (primary N) is 1. The minimum Gasteiger partial charge on any atom is -0.480 e. The van der Waals surface area contributed by atoms with E-state index >= 15 is 0 Å². The molecule has 1 saturated carbocycles. The largest absolute Gasteiger partial charge is 0.480 e. The van der Waals surface area contributed by atoms with Crippen molar-refractivity contribution in [1.29, 1.82) is 0 Å². The van der Waals surface area contributed by atoms with E-state index in [0.29, 0.717) is 6.61 Å². The Morgan fingerprint density at radius 2 is 2.19 bits per heavy atom. The number of carboxylic acids is 1. The molecule has 0 spiro atoms. The first-order valence-electron chi connectivity index (χ1n) is 5.42. The zero-order valence-electron chi connectivity index (χ0n) is 9.36. The first kappa shape index (κ1) is 12.9. The summed E-state index contributed by atoms with van der Waals surface area (Å²) in [6, 6.07) is -0.979. The van der Waals surface area contributed by atoms with E-state index in [0.717, 1.165) is 12.8 Å². The van der Waals surface area contributed by atoms with Crippen LogP contribution in [-0.2, 0) is 14.3 Å². The van der Waals surface area contributed by atoms with Crippen LogP contribution in [-0.4, -0.2) is 35.4 Å². The van der Waals surface area contributed by atoms with Gasteiger partial charge in [-0.1, -0.05) is 0 Å². The van der Waals surface area contributed by atoms with Crippen molar-refractivity contribution in [3.8, 4) is 0 Å². The Morgan fingerprint density at radius 3 is 2.62 bits per heavy atom. The second-order valence-corrected chi connectivity index (χ2v) is 3.96. The quantitative estimate of drug-likeness (QED) is 0.527. The van der Waals surface area contributed by atoms with Gasteiger partial charge in [-0.25, -0.2) is 0 Å². The standard InChI is InChI=1S/C10H18N2O4/c1-2-16-10(5-6-10)12-8(13)4-3-7(11)9(14)15/h7H,2-6,11H2,1H3,(H,12,13)(H,14,15)/t7-/m0/s1. The Hall–Kier alpha value is -1.14. The molecule has 92 valence electrons. The Bertz CT molecular complexity index is 276. The number of ether oxygens (including phenoxy) is 1. The molecule has 1 rings (SSSR count). The molecule has 0 aliphatic heterocycles. The van der Waals surface area contributed by atoms with Crippen molar-refractivity contribution in [2.45, 2.75) is 44.4 Å². The SMILES string of the molecule is CCOC1(NC(=O)CC[C@H](N)C(=O)O)CC1. The van der Waals surface area contributed by atoms with E-state index in [9.17, 15) is 9.59 Å². The lowest BCUT2D eigenvalue weighted by Gasteiger charge is -2.17. The lowest BCUT2D eigenvalue weighted by molar-refractivity contribution is -0.138. The van der Waals surface area contributed by atoms with Crippen molar-refractivity contribution >= 4 is 11.9 Å². The van der Waals surface area contributed by atoms with Gasteiger partial charge in [0.15, 0.2) is 0 Å². The Kier molecular flexibility index (Phi) is 4.26. The van der Waals surface area contributed by atoms with Crippen LogP contribution in [0.2, 0.25) is 0 Å². The van der Waals surface area contributed by atoms with Crippen LogP contribution in [0.5, 0.6) is 0 Å². The molecule has 0 unspecified atom stereocenters. The predicted octanol–water partition coefficient (Wildman–Crippen LogP) is -0.179. The maximum atomic E-state index is 11.5. The number of amides is 1. The molecule has 1 fully saturated rings. The number of carbonyl (C=O) groups is 2. The highest BCUT2D eigenvalue weighted by molar-refractivity contribution is 5.79. The molecular weight excluding hydrogens is 212 g/mol. The molecule has 4 N–H and O–H groups in total. The van der Waals surface area contributed by atoms with Crippen LogP contribution in [0.1, 0.15) is 32.6 Å². The van der Waals surface area contributed by atoms with Crippen molar-refractivity contribution in [3.05, 3.63) is 0 Å². The van der Waals surface area contributed by atoms with Crippen LogP contribution in [0.25, 0.3) is 0 Å². The Balaban J connectivity index is 2.23. The van der Waals surface area contributed by atoms with Gasteiger partial charge in [0, 0.05) is 13.0 Å². The summed E-state index contributed by atoms with van der Waals surface area (Å²) in [6.07, 6.45) is 1.89. The van der Waals surface area contributed by atoms with Gasteiger partial charge in [-0.3, -0.25) is 9.59 Å². The zero-order valence-corrected chi connectivity index (χ0v) is 9.36. The van der Waals surface area contributed by atoms with E-state index in [2.05, 4.69) is 5.32 Å². The first-order chi connectivity index (χ1) is 7.49. The third-order valence-electron chi connectivity index (χ3n) is 2.49. The van der Waals surface area contributed by atoms with Crippen molar-refractivity contribution in [3.63, 3.8) is 0 Å². The molecule has 0 aromatic carbocycles. The molecule has 1 amide bonds. The van der Waals surface area contributed by atoms with Crippen molar-refractivity contribution in [2.24, 2.45) is 5.73 Å². The zero-order chi connectivity index (χ0) is 12.2. The predicted molar refractivity (Wildman–Crippen MR) is 56.6 cm³/mol. The van der Waals surface area contributed by atoms with Gasteiger partial charge >= 0.3 is 5.97 Å².